The number of benzene rings is 1. The third-order valence-corrected chi connectivity index (χ3v) is 5.94. The van der Waals surface area contributed by atoms with E-state index < -0.39 is 10.2 Å². The quantitative estimate of drug-likeness (QED) is 0.809. The highest BCUT2D eigenvalue weighted by atomic mass is 32.2. The van der Waals surface area contributed by atoms with E-state index in [1.165, 1.54) is 29.6 Å². The number of methoxy groups -OCH3 is 1. The molecule has 1 atom stereocenters. The lowest BCUT2D eigenvalue weighted by molar-refractivity contribution is -0.133. The summed E-state index contributed by atoms with van der Waals surface area (Å²) in [6, 6.07) is 7.05. The molecule has 2 rings (SSSR count). The van der Waals surface area contributed by atoms with Crippen LogP contribution in [0.3, 0.4) is 0 Å². The predicted molar refractivity (Wildman–Crippen MR) is 87.3 cm³/mol. The number of rotatable bonds is 4. The fourth-order valence-electron chi connectivity index (χ4n) is 2.69. The zero-order chi connectivity index (χ0) is 17.2. The summed E-state index contributed by atoms with van der Waals surface area (Å²) in [5.41, 5.74) is 0.889. The minimum absolute atomic E-state index is 0.0623. The summed E-state index contributed by atoms with van der Waals surface area (Å²) in [6.45, 7) is 2.42. The van der Waals surface area contributed by atoms with Crippen LogP contribution in [0.2, 0.25) is 0 Å². The number of carbonyl (C=O) groups is 1. The number of hydrogen-bond acceptors (Lipinski definition) is 4. The summed E-state index contributed by atoms with van der Waals surface area (Å²) in [5, 5.41) is 0. The fourth-order valence-corrected chi connectivity index (χ4v) is 3.79. The van der Waals surface area contributed by atoms with E-state index in [0.29, 0.717) is 13.1 Å². The monoisotopic (exact) mass is 341 g/mol. The topological polar surface area (TPSA) is 70.2 Å². The van der Waals surface area contributed by atoms with E-state index in [1.54, 1.807) is 12.0 Å². The molecule has 1 heterocycles. The molecule has 7 nitrogen and oxygen atoms in total. The first kappa shape index (κ1) is 17.7. The van der Waals surface area contributed by atoms with Crippen LogP contribution < -0.4 is 4.74 Å². The minimum Gasteiger partial charge on any atom is -0.497 e. The molecule has 0 spiro atoms. The molecule has 8 heteroatoms. The highest BCUT2D eigenvalue weighted by Gasteiger charge is 2.36. The normalized spacial score (nSPS) is 19.9. The SMILES string of the molecule is COc1ccc([C@H]2CN(S(=O)(=O)N(C)C)CCN2C(C)=O)cc1. The fraction of sp³-hybridized carbons (Fsp3) is 0.533. The summed E-state index contributed by atoms with van der Waals surface area (Å²) in [6.07, 6.45) is 0. The molecule has 1 saturated heterocycles. The molecule has 128 valence electrons. The number of amides is 1. The van der Waals surface area contributed by atoms with Crippen LogP contribution in [0.25, 0.3) is 0 Å². The molecule has 0 saturated carbocycles. The molecule has 0 aliphatic carbocycles. The molecule has 0 bridgehead atoms. The maximum Gasteiger partial charge on any atom is 0.281 e. The van der Waals surface area contributed by atoms with E-state index in [2.05, 4.69) is 0 Å². The van der Waals surface area contributed by atoms with E-state index >= 15 is 0 Å². The lowest BCUT2D eigenvalue weighted by Crippen LogP contribution is -2.54. The van der Waals surface area contributed by atoms with Gasteiger partial charge in [-0.3, -0.25) is 4.79 Å². The Morgan fingerprint density at radius 2 is 1.83 bits per heavy atom. The van der Waals surface area contributed by atoms with Crippen molar-refractivity contribution in [3.63, 3.8) is 0 Å². The second kappa shape index (κ2) is 6.86. The molecule has 1 aromatic rings. The number of carbonyl (C=O) groups excluding carboxylic acids is 1. The summed E-state index contributed by atoms with van der Waals surface area (Å²) in [7, 11) is 1.11. The molecule has 23 heavy (non-hydrogen) atoms. The van der Waals surface area contributed by atoms with Crippen molar-refractivity contribution in [3.05, 3.63) is 29.8 Å². The average molecular weight is 341 g/mol. The van der Waals surface area contributed by atoms with Crippen molar-refractivity contribution in [2.75, 3.05) is 40.8 Å². The number of ether oxygens (including phenoxy) is 1. The molecule has 0 N–H and O–H groups in total. The van der Waals surface area contributed by atoms with Gasteiger partial charge in [0.25, 0.3) is 10.2 Å². The Bertz CT molecular complexity index is 658. The van der Waals surface area contributed by atoms with Crippen molar-refractivity contribution in [3.8, 4) is 5.75 Å². The van der Waals surface area contributed by atoms with Crippen LogP contribution in [0.4, 0.5) is 0 Å². The van der Waals surface area contributed by atoms with Crippen molar-refractivity contribution >= 4 is 16.1 Å². The minimum atomic E-state index is -3.50. The smallest absolute Gasteiger partial charge is 0.281 e. The van der Waals surface area contributed by atoms with Crippen LogP contribution in [-0.4, -0.2) is 68.7 Å². The maximum absolute atomic E-state index is 12.4. The summed E-state index contributed by atoms with van der Waals surface area (Å²) in [4.78, 5) is 13.6. The average Bonchev–Trinajstić information content (AvgIpc) is 2.54. The third kappa shape index (κ3) is 3.65. The van der Waals surface area contributed by atoms with Gasteiger partial charge in [-0.2, -0.15) is 17.0 Å². The van der Waals surface area contributed by atoms with Crippen LogP contribution in [-0.2, 0) is 15.0 Å². The Kier molecular flexibility index (Phi) is 5.28. The number of nitrogens with zero attached hydrogens (tertiary/aromatic N) is 3. The van der Waals surface area contributed by atoms with Gasteiger partial charge in [-0.25, -0.2) is 0 Å². The van der Waals surface area contributed by atoms with E-state index in [0.717, 1.165) is 11.3 Å². The van der Waals surface area contributed by atoms with E-state index in [4.69, 9.17) is 4.74 Å². The molecule has 0 aromatic heterocycles. The van der Waals surface area contributed by atoms with Crippen LogP contribution in [0, 0.1) is 0 Å². The van der Waals surface area contributed by atoms with Gasteiger partial charge in [-0.1, -0.05) is 12.1 Å². The molecule has 1 fully saturated rings. The Labute approximate surface area is 137 Å². The van der Waals surface area contributed by atoms with Gasteiger partial charge < -0.3 is 9.64 Å². The molecular formula is C15H23N3O4S. The second-order valence-corrected chi connectivity index (χ2v) is 7.79. The van der Waals surface area contributed by atoms with Gasteiger partial charge in [-0.05, 0) is 17.7 Å². The maximum atomic E-state index is 12.4. The van der Waals surface area contributed by atoms with Crippen LogP contribution >= 0.6 is 0 Å². The van der Waals surface area contributed by atoms with Gasteiger partial charge in [-0.15, -0.1) is 0 Å². The van der Waals surface area contributed by atoms with Crippen molar-refractivity contribution in [2.45, 2.75) is 13.0 Å². The zero-order valence-electron chi connectivity index (χ0n) is 13.9. The van der Waals surface area contributed by atoms with E-state index in [-0.39, 0.29) is 18.5 Å². The van der Waals surface area contributed by atoms with Crippen molar-refractivity contribution in [2.24, 2.45) is 0 Å². The van der Waals surface area contributed by atoms with Gasteiger partial charge in [0.15, 0.2) is 0 Å². The lowest BCUT2D eigenvalue weighted by atomic mass is 10.0. The molecule has 1 aliphatic heterocycles. The van der Waals surface area contributed by atoms with Crippen LogP contribution in [0.5, 0.6) is 5.75 Å². The standard InChI is InChI=1S/C15H23N3O4S/c1-12(19)18-10-9-17(23(20,21)16(2)3)11-15(18)13-5-7-14(22-4)8-6-13/h5-8,15H,9-11H2,1-4H3/t15-/m1/s1. The first-order valence-corrected chi connectivity index (χ1v) is 8.76. The predicted octanol–water partition coefficient (Wildman–Crippen LogP) is 0.707. The number of piperazine rings is 1. The summed E-state index contributed by atoms with van der Waals surface area (Å²) < 4.78 is 32.5. The third-order valence-electron chi connectivity index (χ3n) is 4.04. The van der Waals surface area contributed by atoms with Crippen molar-refractivity contribution in [1.29, 1.82) is 0 Å². The first-order valence-electron chi connectivity index (χ1n) is 7.36. The Hall–Kier alpha value is -1.64. The molecule has 0 radical (unpaired) electrons. The van der Waals surface area contributed by atoms with Gasteiger partial charge in [0.2, 0.25) is 5.91 Å². The van der Waals surface area contributed by atoms with E-state index in [1.807, 2.05) is 24.3 Å². The van der Waals surface area contributed by atoms with Gasteiger partial charge in [0.1, 0.15) is 5.75 Å². The number of hydrogen-bond donors (Lipinski definition) is 0. The second-order valence-electron chi connectivity index (χ2n) is 5.65. The molecule has 0 unspecified atom stereocenters. The van der Waals surface area contributed by atoms with Crippen molar-refractivity contribution in [1.82, 2.24) is 13.5 Å². The molecular weight excluding hydrogens is 318 g/mol. The van der Waals surface area contributed by atoms with Gasteiger partial charge in [0.05, 0.1) is 13.2 Å². The largest absolute Gasteiger partial charge is 0.497 e. The Morgan fingerprint density at radius 1 is 1.22 bits per heavy atom. The summed E-state index contributed by atoms with van der Waals surface area (Å²) in [5.74, 6) is 0.657. The molecule has 1 aromatic carbocycles. The molecule has 1 amide bonds. The lowest BCUT2D eigenvalue weighted by Gasteiger charge is -2.41. The van der Waals surface area contributed by atoms with E-state index in [9.17, 15) is 13.2 Å². The van der Waals surface area contributed by atoms with Crippen LogP contribution in [0.15, 0.2) is 24.3 Å². The highest BCUT2D eigenvalue weighted by molar-refractivity contribution is 7.86. The first-order chi connectivity index (χ1) is 10.8. The summed E-state index contributed by atoms with van der Waals surface area (Å²) >= 11 is 0. The van der Waals surface area contributed by atoms with Crippen LogP contribution in [0.1, 0.15) is 18.5 Å². The molecule has 1 aliphatic rings. The van der Waals surface area contributed by atoms with Gasteiger partial charge in [0, 0.05) is 40.7 Å². The van der Waals surface area contributed by atoms with Gasteiger partial charge >= 0.3 is 0 Å². The Morgan fingerprint density at radius 3 is 2.30 bits per heavy atom. The van der Waals surface area contributed by atoms with Crippen molar-refractivity contribution < 1.29 is 17.9 Å². The Balaban J connectivity index is 2.32. The zero-order valence-corrected chi connectivity index (χ0v) is 14.7. The highest BCUT2D eigenvalue weighted by Crippen LogP contribution is 2.28.